The molecule has 1 saturated carbocycles. The van der Waals surface area contributed by atoms with Gasteiger partial charge in [-0.15, -0.1) is 0 Å². The molecular formula is C16H22O2. The van der Waals surface area contributed by atoms with Crippen molar-refractivity contribution in [3.8, 4) is 5.75 Å². The minimum atomic E-state index is -0.383. The molecule has 1 aromatic carbocycles. The second-order valence-electron chi connectivity index (χ2n) is 6.87. The molecule has 1 aromatic rings. The first kappa shape index (κ1) is 12.0. The normalized spacial score (nSPS) is 37.3. The van der Waals surface area contributed by atoms with E-state index in [2.05, 4.69) is 20.8 Å². The minimum absolute atomic E-state index is 0.169. The molecule has 0 aromatic heterocycles. The maximum Gasteiger partial charge on any atom is 0.125 e. The Hall–Kier alpha value is -1.02. The lowest BCUT2D eigenvalue weighted by Crippen LogP contribution is -2.43. The summed E-state index contributed by atoms with van der Waals surface area (Å²) in [7, 11) is 0. The number of hydrogen-bond donors (Lipinski definition) is 1. The second kappa shape index (κ2) is 3.74. The fourth-order valence-electron chi connectivity index (χ4n) is 4.03. The number of aliphatic hydroxyl groups excluding tert-OH is 1. The van der Waals surface area contributed by atoms with E-state index < -0.39 is 0 Å². The number of aliphatic hydroxyl groups is 1. The van der Waals surface area contributed by atoms with Crippen LogP contribution in [0.5, 0.6) is 5.75 Å². The molecule has 0 bridgehead atoms. The third-order valence-electron chi connectivity index (χ3n) is 4.66. The first-order valence-electron chi connectivity index (χ1n) is 6.88. The third kappa shape index (κ3) is 1.74. The maximum absolute atomic E-state index is 10.4. The van der Waals surface area contributed by atoms with Gasteiger partial charge in [-0.05, 0) is 30.2 Å². The van der Waals surface area contributed by atoms with E-state index in [1.54, 1.807) is 0 Å². The van der Waals surface area contributed by atoms with Crippen LogP contribution >= 0.6 is 0 Å². The summed E-state index contributed by atoms with van der Waals surface area (Å²) in [4.78, 5) is 0. The van der Waals surface area contributed by atoms with Crippen molar-refractivity contribution in [1.82, 2.24) is 0 Å². The van der Waals surface area contributed by atoms with Crippen molar-refractivity contribution in [1.29, 1.82) is 0 Å². The van der Waals surface area contributed by atoms with Gasteiger partial charge >= 0.3 is 0 Å². The highest BCUT2D eigenvalue weighted by Crippen LogP contribution is 2.55. The number of hydrogen-bond acceptors (Lipinski definition) is 2. The zero-order valence-electron chi connectivity index (χ0n) is 11.4. The smallest absolute Gasteiger partial charge is 0.125 e. The molecule has 98 valence electrons. The predicted molar refractivity (Wildman–Crippen MR) is 71.6 cm³/mol. The topological polar surface area (TPSA) is 29.5 Å². The zero-order chi connectivity index (χ0) is 13.0. The molecule has 18 heavy (non-hydrogen) atoms. The van der Waals surface area contributed by atoms with Crippen LogP contribution in [0.25, 0.3) is 0 Å². The lowest BCUT2D eigenvalue weighted by Gasteiger charge is -2.41. The highest BCUT2D eigenvalue weighted by Gasteiger charge is 2.53. The molecule has 0 amide bonds. The highest BCUT2D eigenvalue weighted by atomic mass is 16.5. The molecular weight excluding hydrogens is 224 g/mol. The summed E-state index contributed by atoms with van der Waals surface area (Å²) in [6, 6.07) is 7.90. The highest BCUT2D eigenvalue weighted by molar-refractivity contribution is 5.38. The fraction of sp³-hybridized carbons (Fsp3) is 0.625. The Morgan fingerprint density at radius 1 is 1.22 bits per heavy atom. The second-order valence-corrected chi connectivity index (χ2v) is 6.87. The molecule has 1 N–H and O–H groups in total. The van der Waals surface area contributed by atoms with Gasteiger partial charge in [0.15, 0.2) is 0 Å². The molecule has 1 fully saturated rings. The third-order valence-corrected chi connectivity index (χ3v) is 4.66. The van der Waals surface area contributed by atoms with Gasteiger partial charge in [0.2, 0.25) is 0 Å². The lowest BCUT2D eigenvalue weighted by molar-refractivity contribution is -0.0391. The Kier molecular flexibility index (Phi) is 2.50. The van der Waals surface area contributed by atoms with E-state index in [0.717, 1.165) is 24.2 Å². The van der Waals surface area contributed by atoms with Gasteiger partial charge in [0.1, 0.15) is 11.4 Å². The molecule has 0 saturated heterocycles. The summed E-state index contributed by atoms with van der Waals surface area (Å²) in [6.45, 7) is 6.86. The Balaban J connectivity index is 1.99. The van der Waals surface area contributed by atoms with E-state index in [1.165, 1.54) is 6.42 Å². The Bertz CT molecular complexity index is 466. The van der Waals surface area contributed by atoms with Crippen LogP contribution in [0, 0.1) is 11.3 Å². The maximum atomic E-state index is 10.4. The molecule has 1 spiro atoms. The van der Waals surface area contributed by atoms with Crippen LogP contribution in [0.1, 0.15) is 51.7 Å². The van der Waals surface area contributed by atoms with E-state index in [-0.39, 0.29) is 11.7 Å². The first-order chi connectivity index (χ1) is 8.42. The Morgan fingerprint density at radius 3 is 2.61 bits per heavy atom. The Labute approximate surface area is 109 Å². The molecule has 1 aliphatic heterocycles. The fourth-order valence-corrected chi connectivity index (χ4v) is 4.03. The zero-order valence-corrected chi connectivity index (χ0v) is 11.4. The number of rotatable bonds is 0. The SMILES string of the molecule is CC1CC(C)(C)CC12C[C@@H](O)c1ccccc1O2. The van der Waals surface area contributed by atoms with Crippen molar-refractivity contribution in [2.75, 3.05) is 0 Å². The molecule has 2 aliphatic rings. The van der Waals surface area contributed by atoms with Crippen LogP contribution in [0.3, 0.4) is 0 Å². The van der Waals surface area contributed by atoms with Gasteiger partial charge in [-0.2, -0.15) is 0 Å². The van der Waals surface area contributed by atoms with Crippen molar-refractivity contribution >= 4 is 0 Å². The predicted octanol–water partition coefficient (Wildman–Crippen LogP) is 3.70. The van der Waals surface area contributed by atoms with E-state index in [1.807, 2.05) is 24.3 Å². The minimum Gasteiger partial charge on any atom is -0.486 e. The van der Waals surface area contributed by atoms with Crippen LogP contribution in [-0.2, 0) is 0 Å². The van der Waals surface area contributed by atoms with Crippen LogP contribution in [-0.4, -0.2) is 10.7 Å². The molecule has 3 rings (SSSR count). The summed E-state index contributed by atoms with van der Waals surface area (Å²) in [5, 5.41) is 10.4. The summed E-state index contributed by atoms with van der Waals surface area (Å²) in [6.07, 6.45) is 2.55. The number of ether oxygens (including phenoxy) is 1. The van der Waals surface area contributed by atoms with Crippen molar-refractivity contribution in [3.63, 3.8) is 0 Å². The molecule has 2 unspecified atom stereocenters. The summed E-state index contributed by atoms with van der Waals surface area (Å²) < 4.78 is 6.34. The van der Waals surface area contributed by atoms with Gasteiger partial charge in [0, 0.05) is 12.0 Å². The van der Waals surface area contributed by atoms with Gasteiger partial charge in [-0.1, -0.05) is 39.0 Å². The van der Waals surface area contributed by atoms with Crippen LogP contribution < -0.4 is 4.74 Å². The molecule has 2 heteroatoms. The molecule has 1 aliphatic carbocycles. The number of fused-ring (bicyclic) bond motifs is 1. The van der Waals surface area contributed by atoms with Crippen molar-refractivity contribution in [2.24, 2.45) is 11.3 Å². The first-order valence-corrected chi connectivity index (χ1v) is 6.88. The number of benzene rings is 1. The van der Waals surface area contributed by atoms with Crippen molar-refractivity contribution in [2.45, 2.75) is 51.7 Å². The van der Waals surface area contributed by atoms with Gasteiger partial charge < -0.3 is 9.84 Å². The van der Waals surface area contributed by atoms with E-state index in [4.69, 9.17) is 4.74 Å². The quantitative estimate of drug-likeness (QED) is 0.756. The molecule has 3 atom stereocenters. The van der Waals surface area contributed by atoms with E-state index in [9.17, 15) is 5.11 Å². The van der Waals surface area contributed by atoms with Gasteiger partial charge in [0.05, 0.1) is 6.10 Å². The van der Waals surface area contributed by atoms with Crippen LogP contribution in [0.2, 0.25) is 0 Å². The monoisotopic (exact) mass is 246 g/mol. The molecule has 0 radical (unpaired) electrons. The number of para-hydroxylation sites is 1. The van der Waals surface area contributed by atoms with Gasteiger partial charge in [-0.25, -0.2) is 0 Å². The Morgan fingerprint density at radius 2 is 1.94 bits per heavy atom. The average Bonchev–Trinajstić information content (AvgIpc) is 2.48. The van der Waals surface area contributed by atoms with Gasteiger partial charge in [-0.3, -0.25) is 0 Å². The summed E-state index contributed by atoms with van der Waals surface area (Å²) in [5.74, 6) is 1.37. The average molecular weight is 246 g/mol. The van der Waals surface area contributed by atoms with Crippen molar-refractivity contribution in [3.05, 3.63) is 29.8 Å². The van der Waals surface area contributed by atoms with Crippen LogP contribution in [0.15, 0.2) is 24.3 Å². The standard InChI is InChI=1S/C16H22O2/c1-11-8-15(2,3)10-16(11)9-13(17)12-6-4-5-7-14(12)18-16/h4-7,11,13,17H,8-10H2,1-3H3/t11?,13-,16?/m1/s1. The van der Waals surface area contributed by atoms with E-state index in [0.29, 0.717) is 11.3 Å². The lowest BCUT2D eigenvalue weighted by atomic mass is 9.81. The van der Waals surface area contributed by atoms with Gasteiger partial charge in [0.25, 0.3) is 0 Å². The summed E-state index contributed by atoms with van der Waals surface area (Å²) in [5.41, 5.74) is 1.09. The molecule has 1 heterocycles. The van der Waals surface area contributed by atoms with Crippen LogP contribution in [0.4, 0.5) is 0 Å². The molecule has 2 nitrogen and oxygen atoms in total. The van der Waals surface area contributed by atoms with E-state index >= 15 is 0 Å². The summed E-state index contributed by atoms with van der Waals surface area (Å²) >= 11 is 0. The van der Waals surface area contributed by atoms with Crippen molar-refractivity contribution < 1.29 is 9.84 Å². The largest absolute Gasteiger partial charge is 0.486 e.